The van der Waals surface area contributed by atoms with Gasteiger partial charge in [0.2, 0.25) is 5.91 Å². The van der Waals surface area contributed by atoms with E-state index in [0.717, 1.165) is 10.4 Å². The molecule has 0 unspecified atom stereocenters. The van der Waals surface area contributed by atoms with Gasteiger partial charge in [0, 0.05) is 0 Å². The van der Waals surface area contributed by atoms with Crippen molar-refractivity contribution in [3.63, 3.8) is 0 Å². The van der Waals surface area contributed by atoms with E-state index in [1.807, 2.05) is 30.3 Å². The monoisotopic (exact) mass is 277 g/mol. The third-order valence-corrected chi connectivity index (χ3v) is 3.07. The second kappa shape index (κ2) is 6.07. The largest absolute Gasteiger partial charge is 0.368 e. The zero-order valence-corrected chi connectivity index (χ0v) is 10.6. The SMILES string of the molecule is NC(=O)CONC(=O)c1ncsc1-c1ccccc1. The quantitative estimate of drug-likeness (QED) is 0.796. The first-order valence-corrected chi connectivity index (χ1v) is 6.26. The first-order chi connectivity index (χ1) is 9.18. The highest BCUT2D eigenvalue weighted by Gasteiger charge is 2.16. The highest BCUT2D eigenvalue weighted by molar-refractivity contribution is 7.13. The highest BCUT2D eigenvalue weighted by atomic mass is 32.1. The van der Waals surface area contributed by atoms with Gasteiger partial charge in [0.15, 0.2) is 6.61 Å². The summed E-state index contributed by atoms with van der Waals surface area (Å²) in [7, 11) is 0. The van der Waals surface area contributed by atoms with Crippen molar-refractivity contribution in [2.75, 3.05) is 6.61 Å². The van der Waals surface area contributed by atoms with Crippen molar-refractivity contribution in [1.29, 1.82) is 0 Å². The Kier molecular flexibility index (Phi) is 4.22. The Morgan fingerprint density at radius 3 is 2.74 bits per heavy atom. The molecule has 19 heavy (non-hydrogen) atoms. The van der Waals surface area contributed by atoms with Crippen LogP contribution in [0.2, 0.25) is 0 Å². The van der Waals surface area contributed by atoms with E-state index >= 15 is 0 Å². The average molecular weight is 277 g/mol. The molecular weight excluding hydrogens is 266 g/mol. The van der Waals surface area contributed by atoms with Gasteiger partial charge in [-0.05, 0) is 5.56 Å². The molecule has 0 saturated heterocycles. The number of nitrogens with zero attached hydrogens (tertiary/aromatic N) is 1. The van der Waals surface area contributed by atoms with E-state index in [-0.39, 0.29) is 12.3 Å². The molecule has 0 aliphatic rings. The summed E-state index contributed by atoms with van der Waals surface area (Å²) in [6.07, 6.45) is 0. The summed E-state index contributed by atoms with van der Waals surface area (Å²) < 4.78 is 0. The number of aromatic nitrogens is 1. The van der Waals surface area contributed by atoms with Gasteiger partial charge >= 0.3 is 0 Å². The molecule has 98 valence electrons. The van der Waals surface area contributed by atoms with Crippen molar-refractivity contribution in [2.24, 2.45) is 5.73 Å². The van der Waals surface area contributed by atoms with Gasteiger partial charge < -0.3 is 5.73 Å². The molecule has 1 heterocycles. The molecule has 0 atom stereocenters. The molecule has 0 bridgehead atoms. The summed E-state index contributed by atoms with van der Waals surface area (Å²) >= 11 is 1.35. The lowest BCUT2D eigenvalue weighted by Crippen LogP contribution is -2.29. The maximum absolute atomic E-state index is 11.8. The number of thiazole rings is 1. The zero-order chi connectivity index (χ0) is 13.7. The van der Waals surface area contributed by atoms with Gasteiger partial charge in [0.25, 0.3) is 5.91 Å². The molecule has 0 fully saturated rings. The maximum Gasteiger partial charge on any atom is 0.294 e. The van der Waals surface area contributed by atoms with Crippen LogP contribution in [-0.2, 0) is 9.63 Å². The van der Waals surface area contributed by atoms with Gasteiger partial charge in [-0.3, -0.25) is 14.4 Å². The second-order valence-corrected chi connectivity index (χ2v) is 4.44. The van der Waals surface area contributed by atoms with Gasteiger partial charge in [0.05, 0.1) is 10.4 Å². The summed E-state index contributed by atoms with van der Waals surface area (Å²) in [6.45, 7) is -0.378. The van der Waals surface area contributed by atoms with Gasteiger partial charge in [-0.2, -0.15) is 0 Å². The Labute approximate surface area is 113 Å². The van der Waals surface area contributed by atoms with Crippen LogP contribution >= 0.6 is 11.3 Å². The van der Waals surface area contributed by atoms with Crippen LogP contribution in [0, 0.1) is 0 Å². The fraction of sp³-hybridized carbons (Fsp3) is 0.0833. The molecular formula is C12H11N3O3S. The molecule has 0 aliphatic heterocycles. The summed E-state index contributed by atoms with van der Waals surface area (Å²) in [4.78, 5) is 31.7. The third kappa shape index (κ3) is 3.36. The lowest BCUT2D eigenvalue weighted by atomic mass is 10.1. The Morgan fingerprint density at radius 1 is 1.32 bits per heavy atom. The topological polar surface area (TPSA) is 94.3 Å². The van der Waals surface area contributed by atoms with Crippen LogP contribution in [-0.4, -0.2) is 23.4 Å². The maximum atomic E-state index is 11.8. The van der Waals surface area contributed by atoms with E-state index in [9.17, 15) is 9.59 Å². The molecule has 7 heteroatoms. The number of amides is 2. The van der Waals surface area contributed by atoms with Gasteiger partial charge in [0.1, 0.15) is 5.69 Å². The highest BCUT2D eigenvalue weighted by Crippen LogP contribution is 2.27. The van der Waals surface area contributed by atoms with Crippen LogP contribution in [0.4, 0.5) is 0 Å². The normalized spacial score (nSPS) is 10.1. The molecule has 2 aromatic rings. The van der Waals surface area contributed by atoms with Crippen LogP contribution in [0.25, 0.3) is 10.4 Å². The van der Waals surface area contributed by atoms with Gasteiger partial charge in [-0.25, -0.2) is 10.5 Å². The van der Waals surface area contributed by atoms with Crippen molar-refractivity contribution >= 4 is 23.2 Å². The number of hydroxylamine groups is 1. The molecule has 1 aromatic heterocycles. The predicted octanol–water partition coefficient (Wildman–Crippen LogP) is 0.957. The summed E-state index contributed by atoms with van der Waals surface area (Å²) in [5.74, 6) is -1.18. The third-order valence-electron chi connectivity index (χ3n) is 2.20. The fourth-order valence-corrected chi connectivity index (χ4v) is 2.22. The van der Waals surface area contributed by atoms with Crippen molar-refractivity contribution in [3.05, 3.63) is 41.5 Å². The Balaban J connectivity index is 2.11. The summed E-state index contributed by atoms with van der Waals surface area (Å²) in [5.41, 5.74) is 9.74. The number of hydrogen-bond acceptors (Lipinski definition) is 5. The number of nitrogens with one attached hydrogen (secondary N) is 1. The lowest BCUT2D eigenvalue weighted by molar-refractivity contribution is -0.124. The van der Waals surface area contributed by atoms with Gasteiger partial charge in [-0.1, -0.05) is 30.3 Å². The molecule has 0 spiro atoms. The van der Waals surface area contributed by atoms with Crippen LogP contribution in [0.15, 0.2) is 35.8 Å². The molecule has 0 saturated carbocycles. The zero-order valence-electron chi connectivity index (χ0n) is 9.83. The Hall–Kier alpha value is -2.25. The number of nitrogens with two attached hydrogens (primary N) is 1. The number of carbonyl (C=O) groups is 2. The van der Waals surface area contributed by atoms with Crippen molar-refractivity contribution in [1.82, 2.24) is 10.5 Å². The number of rotatable bonds is 5. The minimum absolute atomic E-state index is 0.251. The van der Waals surface area contributed by atoms with E-state index in [1.165, 1.54) is 11.3 Å². The first kappa shape index (κ1) is 13.2. The van der Waals surface area contributed by atoms with Gasteiger partial charge in [-0.15, -0.1) is 11.3 Å². The Bertz CT molecular complexity index is 583. The molecule has 3 N–H and O–H groups in total. The molecule has 2 amide bonds. The van der Waals surface area contributed by atoms with Crippen LogP contribution < -0.4 is 11.2 Å². The van der Waals surface area contributed by atoms with E-state index in [1.54, 1.807) is 5.51 Å². The first-order valence-electron chi connectivity index (χ1n) is 5.38. The van der Waals surface area contributed by atoms with Crippen LogP contribution in [0.5, 0.6) is 0 Å². The Morgan fingerprint density at radius 2 is 2.05 bits per heavy atom. The van der Waals surface area contributed by atoms with Crippen LogP contribution in [0.3, 0.4) is 0 Å². The molecule has 0 aliphatic carbocycles. The fourth-order valence-electron chi connectivity index (χ4n) is 1.42. The van der Waals surface area contributed by atoms with E-state index in [2.05, 4.69) is 15.3 Å². The average Bonchev–Trinajstić information content (AvgIpc) is 2.88. The number of primary amides is 1. The van der Waals surface area contributed by atoms with E-state index < -0.39 is 11.8 Å². The minimum Gasteiger partial charge on any atom is -0.368 e. The second-order valence-electron chi connectivity index (χ2n) is 3.58. The predicted molar refractivity (Wildman–Crippen MR) is 70.2 cm³/mol. The number of benzene rings is 1. The summed E-state index contributed by atoms with van der Waals surface area (Å²) in [5, 5.41) is 0. The van der Waals surface area contributed by atoms with E-state index in [0.29, 0.717) is 0 Å². The number of carbonyl (C=O) groups excluding carboxylic acids is 2. The van der Waals surface area contributed by atoms with Crippen molar-refractivity contribution in [2.45, 2.75) is 0 Å². The van der Waals surface area contributed by atoms with E-state index in [4.69, 9.17) is 5.73 Å². The van der Waals surface area contributed by atoms with Crippen molar-refractivity contribution < 1.29 is 14.4 Å². The standard InChI is InChI=1S/C12H11N3O3S/c13-9(16)6-18-15-12(17)10-11(19-7-14-10)8-4-2-1-3-5-8/h1-5,7H,6H2,(H2,13,16)(H,15,17). The molecule has 2 rings (SSSR count). The van der Waals surface area contributed by atoms with Crippen LogP contribution in [0.1, 0.15) is 10.5 Å². The number of hydrogen-bond donors (Lipinski definition) is 2. The minimum atomic E-state index is -0.665. The lowest BCUT2D eigenvalue weighted by Gasteiger charge is -2.04. The molecule has 1 aromatic carbocycles. The molecule has 0 radical (unpaired) electrons. The smallest absolute Gasteiger partial charge is 0.294 e. The molecule has 6 nitrogen and oxygen atoms in total. The summed E-state index contributed by atoms with van der Waals surface area (Å²) in [6, 6.07) is 9.41. The van der Waals surface area contributed by atoms with Crippen molar-refractivity contribution in [3.8, 4) is 10.4 Å².